The minimum Gasteiger partial charge on any atom is -0.508 e. The second-order valence-corrected chi connectivity index (χ2v) is 16.9. The first kappa shape index (κ1) is 40.8. The number of benzene rings is 4. The van der Waals surface area contributed by atoms with E-state index in [4.69, 9.17) is 9.47 Å². The molecule has 2 bridgehead atoms. The molecule has 4 aromatic carbocycles. The number of phenolic OH excluding ortho intramolecular Hbond substituents is 4. The fraction of sp³-hybridized carbons (Fsp3) is 0.438. The number of carbonyl (C=O) groups excluding carboxylic acids is 1. The summed E-state index contributed by atoms with van der Waals surface area (Å²) in [7, 11) is 1.50. The SMILES string of the molecule is COc1cc(CCC(O)C2C(=O)CC(c3cc(O)c(O)c(OCCCC(C)C)c3)CCc3c(ccc4cc(O)ccc34)NC3=CC(=CCN3)C23CCCC3)ccc1O. The molecular weight excluding hydrogens is 733 g/mol. The number of fused-ring (bicyclic) bond motifs is 5. The fourth-order valence-corrected chi connectivity index (χ4v) is 9.62. The number of Topliss-reactive ketones (excluding diaryl/α,β-unsaturated/α-hetero) is 1. The summed E-state index contributed by atoms with van der Waals surface area (Å²) in [5, 5.41) is 64.1. The quantitative estimate of drug-likeness (QED) is 0.0577. The minimum absolute atomic E-state index is 0.0416. The van der Waals surface area contributed by atoms with Crippen LogP contribution in [-0.4, -0.2) is 57.7 Å². The zero-order valence-electron chi connectivity index (χ0n) is 33.9. The third-order valence-electron chi connectivity index (χ3n) is 12.6. The molecule has 7 N–H and O–H groups in total. The number of ketones is 1. The average molecular weight is 791 g/mol. The van der Waals surface area contributed by atoms with E-state index in [-0.39, 0.29) is 41.0 Å². The number of aromatic hydroxyl groups is 4. The van der Waals surface area contributed by atoms with E-state index < -0.39 is 23.4 Å². The van der Waals surface area contributed by atoms with Crippen LogP contribution in [0.25, 0.3) is 10.8 Å². The number of methoxy groups -OCH3 is 1. The number of aryl methyl sites for hydroxylation is 2. The van der Waals surface area contributed by atoms with Crippen molar-refractivity contribution in [2.45, 2.75) is 96.5 Å². The summed E-state index contributed by atoms with van der Waals surface area (Å²) in [6.45, 7) is 5.23. The lowest BCUT2D eigenvalue weighted by atomic mass is 9.62. The number of hydrogen-bond acceptors (Lipinski definition) is 10. The number of dihydropyridines is 1. The maximum Gasteiger partial charge on any atom is 0.200 e. The Morgan fingerprint density at radius 1 is 0.914 bits per heavy atom. The smallest absolute Gasteiger partial charge is 0.200 e. The first-order valence-corrected chi connectivity index (χ1v) is 20.9. The number of aliphatic hydroxyl groups excluding tert-OH is 1. The molecule has 1 saturated carbocycles. The van der Waals surface area contributed by atoms with Crippen LogP contribution in [0.1, 0.15) is 94.2 Å². The lowest BCUT2D eigenvalue weighted by Gasteiger charge is -2.42. The normalized spacial score (nSPS) is 19.8. The van der Waals surface area contributed by atoms with E-state index >= 15 is 4.79 Å². The molecule has 3 unspecified atom stereocenters. The predicted octanol–water partition coefficient (Wildman–Crippen LogP) is 9.13. The zero-order valence-corrected chi connectivity index (χ0v) is 33.9. The van der Waals surface area contributed by atoms with Crippen molar-refractivity contribution < 1.29 is 39.8 Å². The van der Waals surface area contributed by atoms with Gasteiger partial charge in [0, 0.05) is 24.1 Å². The highest BCUT2D eigenvalue weighted by Gasteiger charge is 2.50. The Bertz CT molecular complexity index is 2190. The monoisotopic (exact) mass is 790 g/mol. The van der Waals surface area contributed by atoms with Crippen LogP contribution in [0, 0.1) is 17.3 Å². The number of ether oxygens (including phenoxy) is 2. The highest BCUT2D eigenvalue weighted by atomic mass is 16.5. The number of rotatable bonds is 11. The van der Waals surface area contributed by atoms with Gasteiger partial charge in [-0.05, 0) is 145 Å². The minimum atomic E-state index is -0.973. The molecule has 4 aromatic rings. The van der Waals surface area contributed by atoms with Gasteiger partial charge in [-0.1, -0.05) is 51.0 Å². The molecule has 58 heavy (non-hydrogen) atoms. The Hall–Kier alpha value is -5.35. The van der Waals surface area contributed by atoms with E-state index in [0.29, 0.717) is 56.1 Å². The molecule has 2 aliphatic heterocycles. The molecular formula is C48H58N2O8. The average Bonchev–Trinajstić information content (AvgIpc) is 3.70. The van der Waals surface area contributed by atoms with E-state index in [2.05, 4.69) is 36.6 Å². The van der Waals surface area contributed by atoms with Crippen LogP contribution < -0.4 is 20.1 Å². The van der Waals surface area contributed by atoms with Gasteiger partial charge in [0.25, 0.3) is 0 Å². The van der Waals surface area contributed by atoms with Gasteiger partial charge in [0.2, 0.25) is 5.75 Å². The number of anilines is 1. The van der Waals surface area contributed by atoms with Gasteiger partial charge >= 0.3 is 0 Å². The number of allylic oxidation sites excluding steroid dienone is 2. The van der Waals surface area contributed by atoms with E-state index in [1.807, 2.05) is 24.3 Å². The molecule has 10 heteroatoms. The lowest BCUT2D eigenvalue weighted by molar-refractivity contribution is -0.132. The van der Waals surface area contributed by atoms with Crippen LogP contribution >= 0.6 is 0 Å². The number of nitrogens with one attached hydrogen (secondary N) is 2. The van der Waals surface area contributed by atoms with Crippen molar-refractivity contribution in [2.75, 3.05) is 25.6 Å². The molecule has 0 saturated heterocycles. The van der Waals surface area contributed by atoms with Gasteiger partial charge in [-0.3, -0.25) is 4.79 Å². The third kappa shape index (κ3) is 8.72. The summed E-state index contributed by atoms with van der Waals surface area (Å²) in [5.74, 6) is 0.273. The molecule has 1 spiro atoms. The van der Waals surface area contributed by atoms with Crippen molar-refractivity contribution in [3.63, 3.8) is 0 Å². The van der Waals surface area contributed by atoms with Gasteiger partial charge in [0.05, 0.1) is 25.7 Å². The Morgan fingerprint density at radius 2 is 1.72 bits per heavy atom. The second kappa shape index (κ2) is 17.6. The molecule has 0 radical (unpaired) electrons. The largest absolute Gasteiger partial charge is 0.508 e. The molecule has 0 aromatic heterocycles. The fourth-order valence-electron chi connectivity index (χ4n) is 9.62. The Morgan fingerprint density at radius 3 is 2.50 bits per heavy atom. The van der Waals surface area contributed by atoms with Crippen LogP contribution in [-0.2, 0) is 17.6 Å². The standard InChI is InChI=1S/C48H58N2O8/c1-29(2)7-6-22-58-44-27-33(26-42(55)47(44)56)31-10-13-37-36-14-12-35(51)24-32(36)11-15-38(37)50-45-28-34(18-21-49-45)48(19-4-5-20-48)46(41(54)25-31)40(53)17-9-30-8-16-39(52)43(23-30)57-3/h8,11-12,14-16,18,23-24,26-29,31,40,46,49-53,55-56H,4-7,9-10,13,17,19-22,25H2,1-3H3. The van der Waals surface area contributed by atoms with Crippen LogP contribution in [0.3, 0.4) is 0 Å². The zero-order chi connectivity index (χ0) is 41.0. The molecule has 1 fully saturated rings. The number of aliphatic hydroxyl groups is 1. The van der Waals surface area contributed by atoms with Gasteiger partial charge in [-0.15, -0.1) is 0 Å². The van der Waals surface area contributed by atoms with Crippen molar-refractivity contribution in [3.05, 3.63) is 101 Å². The van der Waals surface area contributed by atoms with Gasteiger partial charge in [-0.25, -0.2) is 0 Å². The summed E-state index contributed by atoms with van der Waals surface area (Å²) in [4.78, 5) is 15.4. The Balaban J connectivity index is 1.32. The molecule has 10 nitrogen and oxygen atoms in total. The first-order valence-electron chi connectivity index (χ1n) is 20.9. The molecule has 308 valence electrons. The molecule has 7 rings (SSSR count). The van der Waals surface area contributed by atoms with Crippen molar-refractivity contribution >= 4 is 22.2 Å². The van der Waals surface area contributed by atoms with E-state index in [1.54, 1.807) is 36.4 Å². The van der Waals surface area contributed by atoms with Crippen molar-refractivity contribution in [3.8, 4) is 34.5 Å². The van der Waals surface area contributed by atoms with Crippen LogP contribution in [0.2, 0.25) is 0 Å². The van der Waals surface area contributed by atoms with Gasteiger partial charge in [0.15, 0.2) is 23.0 Å². The van der Waals surface area contributed by atoms with Crippen LogP contribution in [0.5, 0.6) is 34.5 Å². The first-order chi connectivity index (χ1) is 27.9. The van der Waals surface area contributed by atoms with Crippen LogP contribution in [0.15, 0.2) is 84.2 Å². The summed E-state index contributed by atoms with van der Waals surface area (Å²) < 4.78 is 11.4. The Kier molecular flexibility index (Phi) is 12.4. The summed E-state index contributed by atoms with van der Waals surface area (Å²) in [5.41, 5.74) is 3.93. The Labute approximate surface area is 341 Å². The third-order valence-corrected chi connectivity index (χ3v) is 12.6. The molecule has 1 aliphatic carbocycles. The molecule has 2 heterocycles. The highest BCUT2D eigenvalue weighted by Crippen LogP contribution is 2.54. The molecule has 0 amide bonds. The summed E-state index contributed by atoms with van der Waals surface area (Å²) in [6.07, 6.45) is 10.4. The maximum absolute atomic E-state index is 15.4. The second-order valence-electron chi connectivity index (χ2n) is 16.9. The maximum atomic E-state index is 15.4. The predicted molar refractivity (Wildman–Crippen MR) is 227 cm³/mol. The van der Waals surface area contributed by atoms with Gasteiger partial charge in [0.1, 0.15) is 17.4 Å². The van der Waals surface area contributed by atoms with E-state index in [9.17, 15) is 25.5 Å². The summed E-state index contributed by atoms with van der Waals surface area (Å²) in [6, 6.07) is 17.9. The van der Waals surface area contributed by atoms with Gasteiger partial charge in [-0.2, -0.15) is 0 Å². The number of phenols is 4. The van der Waals surface area contributed by atoms with Crippen LogP contribution in [0.4, 0.5) is 5.69 Å². The number of carbonyl (C=O) groups is 1. The van der Waals surface area contributed by atoms with Gasteiger partial charge < -0.3 is 45.6 Å². The summed E-state index contributed by atoms with van der Waals surface area (Å²) >= 11 is 0. The topological polar surface area (TPSA) is 161 Å². The molecule has 3 aliphatic rings. The van der Waals surface area contributed by atoms with E-state index in [1.165, 1.54) is 7.11 Å². The van der Waals surface area contributed by atoms with Crippen molar-refractivity contribution in [1.82, 2.24) is 5.32 Å². The highest BCUT2D eigenvalue weighted by molar-refractivity contribution is 5.91. The van der Waals surface area contributed by atoms with Crippen molar-refractivity contribution in [1.29, 1.82) is 0 Å². The van der Waals surface area contributed by atoms with Crippen molar-refractivity contribution in [2.24, 2.45) is 17.3 Å². The lowest BCUT2D eigenvalue weighted by Crippen LogP contribution is -2.44. The number of hydrogen-bond donors (Lipinski definition) is 7. The van der Waals surface area contributed by atoms with E-state index in [0.717, 1.165) is 77.5 Å². The molecule has 3 atom stereocenters.